The van der Waals surface area contributed by atoms with Crippen molar-refractivity contribution in [2.24, 2.45) is 5.92 Å². The fourth-order valence-electron chi connectivity index (χ4n) is 3.64. The maximum Gasteiger partial charge on any atom is 0.223 e. The van der Waals surface area contributed by atoms with E-state index in [-0.39, 0.29) is 11.5 Å². The first-order valence-electron chi connectivity index (χ1n) is 8.28. The van der Waals surface area contributed by atoms with Crippen molar-refractivity contribution in [2.45, 2.75) is 31.3 Å². The predicted octanol–water partition coefficient (Wildman–Crippen LogP) is 2.93. The first-order valence-corrected chi connectivity index (χ1v) is 8.66. The van der Waals surface area contributed by atoms with E-state index in [0.29, 0.717) is 12.3 Å². The Bertz CT molecular complexity index is 540. The molecule has 2 aliphatic rings. The normalized spacial score (nSPS) is 22.3. The number of benzene rings is 1. The van der Waals surface area contributed by atoms with Crippen molar-refractivity contribution in [2.75, 3.05) is 33.4 Å². The highest BCUT2D eigenvalue weighted by atomic mass is 35.5. The zero-order chi connectivity index (χ0) is 16.3. The van der Waals surface area contributed by atoms with Gasteiger partial charge in [-0.3, -0.25) is 4.79 Å². The van der Waals surface area contributed by atoms with Crippen LogP contribution >= 0.6 is 11.6 Å². The van der Waals surface area contributed by atoms with Crippen LogP contribution in [0.2, 0.25) is 5.02 Å². The highest BCUT2D eigenvalue weighted by molar-refractivity contribution is 6.30. The molecule has 0 bridgehead atoms. The Morgan fingerprint density at radius 2 is 2.13 bits per heavy atom. The van der Waals surface area contributed by atoms with Gasteiger partial charge in [0.2, 0.25) is 5.91 Å². The second-order valence-electron chi connectivity index (χ2n) is 6.56. The van der Waals surface area contributed by atoms with E-state index >= 15 is 0 Å². The molecule has 0 saturated carbocycles. The molecule has 2 aliphatic heterocycles. The molecule has 0 aliphatic carbocycles. The lowest BCUT2D eigenvalue weighted by molar-refractivity contribution is -0.166. The molecule has 126 valence electrons. The smallest absolute Gasteiger partial charge is 0.223 e. The lowest BCUT2D eigenvalue weighted by Crippen LogP contribution is -2.66. The van der Waals surface area contributed by atoms with Crippen molar-refractivity contribution in [3.8, 4) is 0 Å². The van der Waals surface area contributed by atoms with Gasteiger partial charge in [-0.1, -0.05) is 23.7 Å². The van der Waals surface area contributed by atoms with Crippen molar-refractivity contribution in [1.82, 2.24) is 4.90 Å². The van der Waals surface area contributed by atoms with Crippen molar-refractivity contribution in [3.05, 3.63) is 34.9 Å². The fourth-order valence-corrected chi connectivity index (χ4v) is 3.76. The van der Waals surface area contributed by atoms with Crippen molar-refractivity contribution in [3.63, 3.8) is 0 Å². The number of carbonyl (C=O) groups is 1. The summed E-state index contributed by atoms with van der Waals surface area (Å²) < 4.78 is 11.2. The molecule has 1 amide bonds. The summed E-state index contributed by atoms with van der Waals surface area (Å²) in [6.07, 6.45) is 3.40. The Morgan fingerprint density at radius 1 is 1.39 bits per heavy atom. The van der Waals surface area contributed by atoms with Crippen molar-refractivity contribution >= 4 is 17.5 Å². The number of hydrogen-bond acceptors (Lipinski definition) is 3. The quantitative estimate of drug-likeness (QED) is 0.801. The Kier molecular flexibility index (Phi) is 5.24. The number of ether oxygens (including phenoxy) is 2. The van der Waals surface area contributed by atoms with Crippen molar-refractivity contribution in [1.29, 1.82) is 0 Å². The number of methoxy groups -OCH3 is 1. The molecule has 1 aromatic rings. The number of carbonyl (C=O) groups excluding carboxylic acids is 1. The molecule has 3 rings (SSSR count). The van der Waals surface area contributed by atoms with Gasteiger partial charge < -0.3 is 14.4 Å². The van der Waals surface area contributed by atoms with Crippen LogP contribution in [0.15, 0.2) is 24.3 Å². The highest BCUT2D eigenvalue weighted by Crippen LogP contribution is 2.41. The molecule has 1 aromatic carbocycles. The number of likely N-dealkylation sites (tertiary alicyclic amines) is 1. The molecule has 2 saturated heterocycles. The summed E-state index contributed by atoms with van der Waals surface area (Å²) in [5, 5.41) is 0.727. The van der Waals surface area contributed by atoms with Gasteiger partial charge in [0.1, 0.15) is 5.60 Å². The minimum absolute atomic E-state index is 0.103. The number of rotatable bonds is 6. The van der Waals surface area contributed by atoms with Crippen LogP contribution in [-0.4, -0.2) is 49.8 Å². The summed E-state index contributed by atoms with van der Waals surface area (Å²) in [6, 6.07) is 7.70. The number of nitrogens with zero attached hydrogens (tertiary/aromatic N) is 1. The topological polar surface area (TPSA) is 38.8 Å². The van der Waals surface area contributed by atoms with E-state index in [1.807, 2.05) is 29.2 Å². The molecule has 0 unspecified atom stereocenters. The molecule has 23 heavy (non-hydrogen) atoms. The van der Waals surface area contributed by atoms with Crippen LogP contribution in [0.3, 0.4) is 0 Å². The summed E-state index contributed by atoms with van der Waals surface area (Å²) in [6.45, 7) is 3.04. The second kappa shape index (κ2) is 7.20. The van der Waals surface area contributed by atoms with Crippen LogP contribution in [0.25, 0.3) is 0 Å². The van der Waals surface area contributed by atoms with Gasteiger partial charge in [0.15, 0.2) is 0 Å². The van der Waals surface area contributed by atoms with Gasteiger partial charge in [-0.25, -0.2) is 0 Å². The van der Waals surface area contributed by atoms with E-state index in [1.54, 1.807) is 7.11 Å². The molecule has 5 heteroatoms. The summed E-state index contributed by atoms with van der Waals surface area (Å²) in [4.78, 5) is 14.3. The predicted molar refractivity (Wildman–Crippen MR) is 89.6 cm³/mol. The zero-order valence-corrected chi connectivity index (χ0v) is 14.3. The maximum atomic E-state index is 12.3. The molecular weight excluding hydrogens is 314 g/mol. The van der Waals surface area contributed by atoms with E-state index < -0.39 is 0 Å². The second-order valence-corrected chi connectivity index (χ2v) is 6.99. The maximum absolute atomic E-state index is 12.3. The van der Waals surface area contributed by atoms with E-state index in [1.165, 1.54) is 0 Å². The average molecular weight is 338 g/mol. The Morgan fingerprint density at radius 3 is 2.83 bits per heavy atom. The third-order valence-corrected chi connectivity index (χ3v) is 5.33. The van der Waals surface area contributed by atoms with Gasteiger partial charge >= 0.3 is 0 Å². The van der Waals surface area contributed by atoms with Crippen LogP contribution in [0, 0.1) is 5.92 Å². The zero-order valence-electron chi connectivity index (χ0n) is 13.6. The van der Waals surface area contributed by atoms with E-state index in [9.17, 15) is 4.79 Å². The third-order valence-electron chi connectivity index (χ3n) is 5.08. The molecule has 1 atom stereocenters. The van der Waals surface area contributed by atoms with Gasteiger partial charge in [-0.15, -0.1) is 0 Å². The first-order chi connectivity index (χ1) is 11.1. The molecule has 0 aromatic heterocycles. The van der Waals surface area contributed by atoms with Gasteiger partial charge in [-0.2, -0.15) is 0 Å². The van der Waals surface area contributed by atoms with Crippen LogP contribution in [-0.2, 0) is 20.7 Å². The third kappa shape index (κ3) is 3.70. The minimum atomic E-state index is -0.103. The number of aryl methyl sites for hydroxylation is 1. The van der Waals surface area contributed by atoms with Crippen LogP contribution < -0.4 is 0 Å². The molecule has 4 nitrogen and oxygen atoms in total. The summed E-state index contributed by atoms with van der Waals surface area (Å²) in [7, 11) is 1.73. The molecule has 0 N–H and O–H groups in total. The Labute approximate surface area is 142 Å². The fraction of sp³-hybridized carbons (Fsp3) is 0.611. The Balaban J connectivity index is 1.46. The van der Waals surface area contributed by atoms with Crippen molar-refractivity contribution < 1.29 is 14.3 Å². The lowest BCUT2D eigenvalue weighted by Gasteiger charge is -2.50. The molecule has 2 heterocycles. The SMILES string of the molecule is COCC[C@@H]1CCOC12CN(C(=O)CCc1ccc(Cl)cc1)C2. The van der Waals surface area contributed by atoms with Gasteiger partial charge in [0.05, 0.1) is 13.1 Å². The first kappa shape index (κ1) is 16.7. The van der Waals surface area contributed by atoms with E-state index in [2.05, 4.69) is 0 Å². The van der Waals surface area contributed by atoms with Crippen LogP contribution in [0.1, 0.15) is 24.8 Å². The Hall–Kier alpha value is -1.10. The summed E-state index contributed by atoms with van der Waals surface area (Å²) in [5.74, 6) is 0.731. The van der Waals surface area contributed by atoms with Crippen LogP contribution in [0.5, 0.6) is 0 Å². The summed E-state index contributed by atoms with van der Waals surface area (Å²) in [5.41, 5.74) is 1.04. The number of hydrogen-bond donors (Lipinski definition) is 0. The highest BCUT2D eigenvalue weighted by Gasteiger charge is 2.53. The molecule has 0 radical (unpaired) electrons. The standard InChI is InChI=1S/C18H24ClNO3/c1-22-10-8-15-9-11-23-18(15)12-20(13-18)17(21)7-4-14-2-5-16(19)6-3-14/h2-3,5-6,15H,4,7-13H2,1H3/t15-/m1/s1. The molecular formula is C18H24ClNO3. The largest absolute Gasteiger partial charge is 0.385 e. The summed E-state index contributed by atoms with van der Waals surface area (Å²) >= 11 is 5.88. The molecule has 1 spiro atoms. The lowest BCUT2D eigenvalue weighted by atomic mass is 9.79. The van der Waals surface area contributed by atoms with E-state index in [4.69, 9.17) is 21.1 Å². The monoisotopic (exact) mass is 337 g/mol. The average Bonchev–Trinajstić information content (AvgIpc) is 2.94. The van der Waals surface area contributed by atoms with Crippen LogP contribution in [0.4, 0.5) is 0 Å². The minimum Gasteiger partial charge on any atom is -0.385 e. The van der Waals surface area contributed by atoms with Gasteiger partial charge in [0, 0.05) is 31.8 Å². The van der Waals surface area contributed by atoms with E-state index in [0.717, 1.165) is 56.2 Å². The van der Waals surface area contributed by atoms with Gasteiger partial charge in [0.25, 0.3) is 0 Å². The number of amides is 1. The van der Waals surface area contributed by atoms with Gasteiger partial charge in [-0.05, 0) is 42.9 Å². The molecule has 2 fully saturated rings. The number of halogens is 1.